The molecule has 0 saturated carbocycles. The third-order valence-corrected chi connectivity index (χ3v) is 8.99. The number of nitrogens with zero attached hydrogens (tertiary/aromatic N) is 2. The van der Waals surface area contributed by atoms with Crippen molar-refractivity contribution in [1.29, 1.82) is 0 Å². The van der Waals surface area contributed by atoms with Gasteiger partial charge in [-0.3, -0.25) is 4.79 Å². The second-order valence-electron chi connectivity index (χ2n) is 10.2. The van der Waals surface area contributed by atoms with Gasteiger partial charge in [0.15, 0.2) is 9.84 Å². The molecule has 1 atom stereocenters. The summed E-state index contributed by atoms with van der Waals surface area (Å²) in [7, 11) is -3.03. The minimum Gasteiger partial charge on any atom is -0.378 e. The van der Waals surface area contributed by atoms with Crippen molar-refractivity contribution >= 4 is 27.1 Å². The predicted octanol–water partition coefficient (Wildman–Crippen LogP) is 3.65. The summed E-state index contributed by atoms with van der Waals surface area (Å²) in [6, 6.07) is 20.3. The maximum atomic E-state index is 14.8. The van der Waals surface area contributed by atoms with Crippen LogP contribution in [0, 0.1) is 12.7 Å². The van der Waals surface area contributed by atoms with Gasteiger partial charge in [0.1, 0.15) is 5.82 Å². The lowest BCUT2D eigenvalue weighted by Gasteiger charge is -2.33. The first-order valence-electron chi connectivity index (χ1n) is 13.3. The van der Waals surface area contributed by atoms with E-state index in [9.17, 15) is 17.6 Å². The molecule has 2 fully saturated rings. The van der Waals surface area contributed by atoms with Crippen molar-refractivity contribution in [1.82, 2.24) is 5.32 Å². The molecule has 3 aromatic rings. The Kier molecular flexibility index (Phi) is 8.18. The summed E-state index contributed by atoms with van der Waals surface area (Å²) in [5.41, 5.74) is 5.10. The Morgan fingerprint density at radius 2 is 1.67 bits per heavy atom. The van der Waals surface area contributed by atoms with Gasteiger partial charge in [-0.25, -0.2) is 12.8 Å². The van der Waals surface area contributed by atoms with Gasteiger partial charge in [0.2, 0.25) is 5.91 Å². The molecule has 0 bridgehead atoms. The molecule has 1 amide bonds. The molecule has 7 nitrogen and oxygen atoms in total. The molecule has 1 unspecified atom stereocenters. The smallest absolute Gasteiger partial charge is 0.225 e. The minimum absolute atomic E-state index is 0.0704. The zero-order valence-electron chi connectivity index (χ0n) is 22.1. The van der Waals surface area contributed by atoms with Gasteiger partial charge in [0, 0.05) is 43.1 Å². The first-order valence-corrected chi connectivity index (χ1v) is 15.1. The van der Waals surface area contributed by atoms with E-state index < -0.39 is 21.7 Å². The molecule has 2 saturated heterocycles. The van der Waals surface area contributed by atoms with Crippen LogP contribution in [-0.2, 0) is 25.8 Å². The number of hydrogen-bond donors (Lipinski definition) is 1. The Labute approximate surface area is 229 Å². The van der Waals surface area contributed by atoms with Crippen LogP contribution in [0.25, 0.3) is 0 Å². The highest BCUT2D eigenvalue weighted by Gasteiger charge is 2.25. The van der Waals surface area contributed by atoms with Gasteiger partial charge in [-0.1, -0.05) is 42.5 Å². The second-order valence-corrected chi connectivity index (χ2v) is 12.5. The van der Waals surface area contributed by atoms with Crippen LogP contribution in [-0.4, -0.2) is 65.2 Å². The molecule has 0 aromatic heterocycles. The van der Waals surface area contributed by atoms with Gasteiger partial charge < -0.3 is 19.9 Å². The summed E-state index contributed by atoms with van der Waals surface area (Å²) in [5.74, 6) is -0.615. The first-order chi connectivity index (χ1) is 18.8. The maximum absolute atomic E-state index is 14.8. The van der Waals surface area contributed by atoms with E-state index >= 15 is 0 Å². The average molecular weight is 552 g/mol. The topological polar surface area (TPSA) is 79.0 Å². The number of carbonyl (C=O) groups excluding carboxylic acids is 1. The zero-order valence-corrected chi connectivity index (χ0v) is 22.9. The maximum Gasteiger partial charge on any atom is 0.225 e. The molecule has 2 aliphatic rings. The van der Waals surface area contributed by atoms with Crippen molar-refractivity contribution in [2.24, 2.45) is 0 Å². The number of amides is 1. The van der Waals surface area contributed by atoms with Gasteiger partial charge in [-0.2, -0.15) is 0 Å². The fraction of sp³-hybridized carbons (Fsp3) is 0.367. The molecule has 1 N–H and O–H groups in total. The van der Waals surface area contributed by atoms with E-state index in [1.54, 1.807) is 12.1 Å². The van der Waals surface area contributed by atoms with Crippen LogP contribution in [0.1, 0.15) is 28.3 Å². The second kappa shape index (κ2) is 11.8. The number of sulfone groups is 1. The number of rotatable bonds is 7. The molecule has 5 rings (SSSR count). The Hall–Kier alpha value is -3.43. The third-order valence-electron chi connectivity index (χ3n) is 7.38. The van der Waals surface area contributed by atoms with Crippen LogP contribution in [0.5, 0.6) is 0 Å². The Morgan fingerprint density at radius 1 is 0.949 bits per heavy atom. The Bertz CT molecular complexity index is 1410. The van der Waals surface area contributed by atoms with Crippen molar-refractivity contribution in [2.75, 3.05) is 60.7 Å². The molecule has 0 radical (unpaired) electrons. The van der Waals surface area contributed by atoms with Crippen LogP contribution in [0.3, 0.4) is 0 Å². The van der Waals surface area contributed by atoms with Crippen LogP contribution in [0.4, 0.5) is 15.8 Å². The Morgan fingerprint density at radius 3 is 2.38 bits per heavy atom. The number of nitrogens with one attached hydrogen (secondary N) is 1. The zero-order chi connectivity index (χ0) is 27.4. The first kappa shape index (κ1) is 27.1. The molecule has 9 heteroatoms. The highest BCUT2D eigenvalue weighted by molar-refractivity contribution is 7.91. The van der Waals surface area contributed by atoms with Crippen molar-refractivity contribution in [3.63, 3.8) is 0 Å². The number of morpholine rings is 1. The lowest BCUT2D eigenvalue weighted by Crippen LogP contribution is -2.40. The third kappa shape index (κ3) is 6.59. The fourth-order valence-electron chi connectivity index (χ4n) is 5.21. The lowest BCUT2D eigenvalue weighted by molar-refractivity contribution is -0.121. The van der Waals surface area contributed by atoms with Gasteiger partial charge >= 0.3 is 0 Å². The van der Waals surface area contributed by atoms with E-state index in [2.05, 4.69) is 29.3 Å². The number of hydrogen-bond acceptors (Lipinski definition) is 6. The van der Waals surface area contributed by atoms with Gasteiger partial charge in [-0.15, -0.1) is 0 Å². The summed E-state index contributed by atoms with van der Waals surface area (Å²) >= 11 is 0. The molecular formula is C30H34FN3O4S. The number of halogens is 1. The number of aryl methyl sites for hydroxylation is 1. The molecule has 2 aliphatic heterocycles. The fourth-order valence-corrected chi connectivity index (χ4v) is 6.41. The number of anilines is 2. The summed E-state index contributed by atoms with van der Waals surface area (Å²) in [4.78, 5) is 17.7. The van der Waals surface area contributed by atoms with Crippen LogP contribution in [0.2, 0.25) is 0 Å². The lowest BCUT2D eigenvalue weighted by atomic mass is 9.94. The standard InChI is InChI=1S/C30H34FN3O4S/c1-22-7-9-26(28(19-22)34-11-15-38-16-12-34)30(23-5-3-2-4-6-23)32-29(35)21-24-20-25(8-10-27(24)31)33-13-17-39(36,37)18-14-33/h2-10,19-20,30H,11-18,21H2,1H3,(H,32,35). The van der Waals surface area contributed by atoms with E-state index in [1.807, 2.05) is 41.3 Å². The largest absolute Gasteiger partial charge is 0.378 e. The molecule has 3 aromatic carbocycles. The van der Waals surface area contributed by atoms with Crippen molar-refractivity contribution in [2.45, 2.75) is 19.4 Å². The van der Waals surface area contributed by atoms with Crippen LogP contribution < -0.4 is 15.1 Å². The quantitative estimate of drug-likeness (QED) is 0.483. The van der Waals surface area contributed by atoms with E-state index in [4.69, 9.17) is 4.74 Å². The number of ether oxygens (including phenoxy) is 1. The van der Waals surface area contributed by atoms with Crippen molar-refractivity contribution in [3.05, 3.63) is 94.8 Å². The summed E-state index contributed by atoms with van der Waals surface area (Å²) in [6.07, 6.45) is -0.131. The van der Waals surface area contributed by atoms with E-state index in [0.717, 1.165) is 41.2 Å². The Balaban J connectivity index is 1.40. The molecule has 39 heavy (non-hydrogen) atoms. The highest BCUT2D eigenvalue weighted by Crippen LogP contribution is 2.33. The van der Waals surface area contributed by atoms with Gasteiger partial charge in [-0.05, 0) is 47.9 Å². The minimum atomic E-state index is -3.03. The summed E-state index contributed by atoms with van der Waals surface area (Å²) in [6.45, 7) is 5.59. The molecule has 0 spiro atoms. The summed E-state index contributed by atoms with van der Waals surface area (Å²) in [5, 5.41) is 3.18. The van der Waals surface area contributed by atoms with Gasteiger partial charge in [0.25, 0.3) is 0 Å². The monoisotopic (exact) mass is 551 g/mol. The molecular weight excluding hydrogens is 517 g/mol. The van der Waals surface area contributed by atoms with Crippen molar-refractivity contribution in [3.8, 4) is 0 Å². The SMILES string of the molecule is Cc1ccc(C(NC(=O)Cc2cc(N3CCS(=O)(=O)CC3)ccc2F)c2ccccc2)c(N2CCOCC2)c1. The number of benzene rings is 3. The number of carbonyl (C=O) groups is 1. The molecule has 0 aliphatic carbocycles. The highest BCUT2D eigenvalue weighted by atomic mass is 32.2. The molecule has 2 heterocycles. The predicted molar refractivity (Wildman–Crippen MR) is 152 cm³/mol. The van der Waals surface area contributed by atoms with E-state index in [-0.39, 0.29) is 29.4 Å². The average Bonchev–Trinajstić information content (AvgIpc) is 2.94. The van der Waals surface area contributed by atoms with Crippen molar-refractivity contribution < 1.29 is 22.3 Å². The van der Waals surface area contributed by atoms with E-state index in [0.29, 0.717) is 26.3 Å². The van der Waals surface area contributed by atoms with Crippen LogP contribution >= 0.6 is 0 Å². The van der Waals surface area contributed by atoms with E-state index in [1.165, 1.54) is 6.07 Å². The van der Waals surface area contributed by atoms with Gasteiger partial charge in [0.05, 0.1) is 37.2 Å². The normalized spacial score (nSPS) is 18.0. The summed E-state index contributed by atoms with van der Waals surface area (Å²) < 4.78 is 44.1. The van der Waals surface area contributed by atoms with Crippen LogP contribution in [0.15, 0.2) is 66.7 Å². The molecule has 206 valence electrons.